The molecule has 0 saturated carbocycles. The fourth-order valence-corrected chi connectivity index (χ4v) is 4.45. The lowest BCUT2D eigenvalue weighted by Crippen LogP contribution is -2.36. The van der Waals surface area contributed by atoms with Gasteiger partial charge in [-0.1, -0.05) is 12.1 Å². The zero-order chi connectivity index (χ0) is 24.9. The summed E-state index contributed by atoms with van der Waals surface area (Å²) in [4.78, 5) is 39.1. The lowest BCUT2D eigenvalue weighted by Gasteiger charge is -2.13. The highest BCUT2D eigenvalue weighted by Gasteiger charge is 2.36. The molecule has 1 heterocycles. The summed E-state index contributed by atoms with van der Waals surface area (Å²) in [6, 6.07) is 14.6. The van der Waals surface area contributed by atoms with E-state index in [2.05, 4.69) is 5.32 Å². The van der Waals surface area contributed by atoms with Crippen molar-refractivity contribution in [1.82, 2.24) is 4.90 Å². The number of nitrogens with one attached hydrogen (secondary N) is 1. The van der Waals surface area contributed by atoms with Crippen LogP contribution in [-0.2, 0) is 9.59 Å². The first-order valence-electron chi connectivity index (χ1n) is 11.0. The van der Waals surface area contributed by atoms with Crippen molar-refractivity contribution >= 4 is 51.4 Å². The molecule has 9 heteroatoms. The third kappa shape index (κ3) is 5.46. The molecule has 0 aliphatic carbocycles. The number of thioether (sulfide) groups is 1. The van der Waals surface area contributed by atoms with Crippen molar-refractivity contribution in [2.75, 3.05) is 25.1 Å². The van der Waals surface area contributed by atoms with Crippen molar-refractivity contribution < 1.29 is 28.2 Å². The summed E-state index contributed by atoms with van der Waals surface area (Å²) in [5.74, 6) is -0.341. The molecule has 0 radical (unpaired) electrons. The lowest BCUT2D eigenvalue weighted by molar-refractivity contribution is -0.127. The number of carbonyl (C=O) groups excluding carboxylic acids is 3. The van der Waals surface area contributed by atoms with Crippen molar-refractivity contribution in [3.8, 4) is 11.5 Å². The fourth-order valence-electron chi connectivity index (χ4n) is 3.63. The van der Waals surface area contributed by atoms with Gasteiger partial charge < -0.3 is 14.8 Å². The summed E-state index contributed by atoms with van der Waals surface area (Å²) in [5.41, 5.74) is 1.01. The highest BCUT2D eigenvalue weighted by atomic mass is 32.2. The van der Waals surface area contributed by atoms with Gasteiger partial charge >= 0.3 is 0 Å². The Balaban J connectivity index is 1.62. The molecular weight excluding hydrogens is 471 g/mol. The number of halogens is 1. The molecule has 3 aromatic rings. The SMILES string of the molecule is CCOc1ccc2ccc(OCC)c(/C=C3\SC(=O)N(CC(=O)Nc4ccc(F)cc4)C3=O)c2c1. The first-order valence-corrected chi connectivity index (χ1v) is 11.8. The van der Waals surface area contributed by atoms with Gasteiger partial charge in [-0.15, -0.1) is 0 Å². The summed E-state index contributed by atoms with van der Waals surface area (Å²) in [7, 11) is 0. The second kappa shape index (κ2) is 10.6. The van der Waals surface area contributed by atoms with Gasteiger partial charge in [0.25, 0.3) is 11.1 Å². The minimum absolute atomic E-state index is 0.180. The second-order valence-electron chi connectivity index (χ2n) is 7.55. The van der Waals surface area contributed by atoms with Crippen LogP contribution in [0.15, 0.2) is 59.5 Å². The first kappa shape index (κ1) is 24.3. The third-order valence-corrected chi connectivity index (χ3v) is 6.09. The minimum Gasteiger partial charge on any atom is -0.494 e. The molecule has 0 atom stereocenters. The van der Waals surface area contributed by atoms with Gasteiger partial charge in [0.2, 0.25) is 5.91 Å². The predicted molar refractivity (Wildman–Crippen MR) is 134 cm³/mol. The number of hydrogen-bond donors (Lipinski definition) is 1. The van der Waals surface area contributed by atoms with Gasteiger partial charge in [-0.3, -0.25) is 19.3 Å². The van der Waals surface area contributed by atoms with Gasteiger partial charge in [0, 0.05) is 11.3 Å². The Morgan fingerprint density at radius 1 is 1.03 bits per heavy atom. The van der Waals surface area contributed by atoms with Crippen molar-refractivity contribution in [2.24, 2.45) is 0 Å². The largest absolute Gasteiger partial charge is 0.494 e. The van der Waals surface area contributed by atoms with Gasteiger partial charge in [-0.2, -0.15) is 0 Å². The van der Waals surface area contributed by atoms with Gasteiger partial charge in [0.05, 0.1) is 18.1 Å². The van der Waals surface area contributed by atoms with Crippen LogP contribution in [0.4, 0.5) is 14.9 Å². The van der Waals surface area contributed by atoms with E-state index in [9.17, 15) is 18.8 Å². The van der Waals surface area contributed by atoms with E-state index in [1.807, 2.05) is 44.2 Å². The Bertz CT molecular complexity index is 1320. The summed E-state index contributed by atoms with van der Waals surface area (Å²) < 4.78 is 24.5. The number of anilines is 1. The van der Waals surface area contributed by atoms with Crippen LogP contribution in [0.3, 0.4) is 0 Å². The molecule has 0 bridgehead atoms. The normalized spacial score (nSPS) is 14.6. The highest BCUT2D eigenvalue weighted by Crippen LogP contribution is 2.37. The van der Waals surface area contributed by atoms with E-state index in [0.717, 1.165) is 27.4 Å². The minimum atomic E-state index is -0.574. The molecule has 1 aliphatic rings. The number of amides is 3. The topological polar surface area (TPSA) is 84.9 Å². The van der Waals surface area contributed by atoms with Crippen molar-refractivity contribution in [3.05, 3.63) is 70.9 Å². The third-order valence-electron chi connectivity index (χ3n) is 5.18. The van der Waals surface area contributed by atoms with E-state index < -0.39 is 29.4 Å². The molecule has 180 valence electrons. The molecule has 35 heavy (non-hydrogen) atoms. The van der Waals surface area contributed by atoms with Crippen LogP contribution in [-0.4, -0.2) is 41.7 Å². The number of hydrogen-bond acceptors (Lipinski definition) is 6. The van der Waals surface area contributed by atoms with E-state index in [4.69, 9.17) is 9.47 Å². The molecule has 3 aromatic carbocycles. The Labute approximate surface area is 205 Å². The molecule has 0 aromatic heterocycles. The monoisotopic (exact) mass is 494 g/mol. The van der Waals surface area contributed by atoms with E-state index >= 15 is 0 Å². The maximum absolute atomic E-state index is 13.1. The average Bonchev–Trinajstić information content (AvgIpc) is 3.09. The molecule has 0 spiro atoms. The van der Waals surface area contributed by atoms with E-state index in [-0.39, 0.29) is 4.91 Å². The molecular formula is C26H23FN2O5S. The number of rotatable bonds is 8. The number of ether oxygens (including phenoxy) is 2. The van der Waals surface area contributed by atoms with Crippen LogP contribution < -0.4 is 14.8 Å². The second-order valence-corrected chi connectivity index (χ2v) is 8.54. The average molecular weight is 495 g/mol. The molecule has 1 fully saturated rings. The Kier molecular flexibility index (Phi) is 7.36. The zero-order valence-electron chi connectivity index (χ0n) is 19.2. The van der Waals surface area contributed by atoms with Crippen LogP contribution in [0, 0.1) is 5.82 Å². The molecule has 7 nitrogen and oxygen atoms in total. The van der Waals surface area contributed by atoms with Crippen LogP contribution in [0.2, 0.25) is 0 Å². The number of carbonyl (C=O) groups is 3. The first-order chi connectivity index (χ1) is 16.9. The predicted octanol–water partition coefficient (Wildman–Crippen LogP) is 5.45. The standard InChI is InChI=1S/C26H23FN2O5S/c1-3-33-19-11-5-16-6-12-22(34-4-2)21(20(16)13-19)14-23-25(31)29(26(32)35-23)15-24(30)28-18-9-7-17(27)8-10-18/h5-14H,3-4,15H2,1-2H3,(H,28,30)/b23-14-. The summed E-state index contributed by atoms with van der Waals surface area (Å²) >= 11 is 0.759. The molecule has 1 aliphatic heterocycles. The van der Waals surface area contributed by atoms with Crippen LogP contribution in [0.1, 0.15) is 19.4 Å². The van der Waals surface area contributed by atoms with Crippen LogP contribution in [0.25, 0.3) is 16.8 Å². The smallest absolute Gasteiger partial charge is 0.294 e. The van der Waals surface area contributed by atoms with Crippen molar-refractivity contribution in [1.29, 1.82) is 0 Å². The van der Waals surface area contributed by atoms with Crippen molar-refractivity contribution in [3.63, 3.8) is 0 Å². The molecule has 0 unspecified atom stereocenters. The number of nitrogens with zero attached hydrogens (tertiary/aromatic N) is 1. The molecule has 1 saturated heterocycles. The lowest BCUT2D eigenvalue weighted by atomic mass is 10.0. The quantitative estimate of drug-likeness (QED) is 0.419. The van der Waals surface area contributed by atoms with Gasteiger partial charge in [0.15, 0.2) is 0 Å². The molecule has 4 rings (SSSR count). The van der Waals surface area contributed by atoms with Crippen molar-refractivity contribution in [2.45, 2.75) is 13.8 Å². The van der Waals surface area contributed by atoms with Gasteiger partial charge in [-0.25, -0.2) is 4.39 Å². The Morgan fingerprint density at radius 3 is 2.46 bits per heavy atom. The van der Waals surface area contributed by atoms with Crippen LogP contribution in [0.5, 0.6) is 11.5 Å². The van der Waals surface area contributed by atoms with Gasteiger partial charge in [0.1, 0.15) is 23.9 Å². The van der Waals surface area contributed by atoms with E-state index in [1.54, 1.807) is 6.08 Å². The van der Waals surface area contributed by atoms with Gasteiger partial charge in [-0.05, 0) is 84.9 Å². The summed E-state index contributed by atoms with van der Waals surface area (Å²) in [6.07, 6.45) is 1.62. The zero-order valence-corrected chi connectivity index (χ0v) is 20.0. The Morgan fingerprint density at radius 2 is 1.74 bits per heavy atom. The summed E-state index contributed by atoms with van der Waals surface area (Å²) in [5, 5.41) is 3.73. The van der Waals surface area contributed by atoms with E-state index in [0.29, 0.717) is 36.0 Å². The van der Waals surface area contributed by atoms with Crippen LogP contribution >= 0.6 is 11.8 Å². The number of benzene rings is 3. The highest BCUT2D eigenvalue weighted by molar-refractivity contribution is 8.18. The molecule has 3 amide bonds. The van der Waals surface area contributed by atoms with E-state index in [1.165, 1.54) is 24.3 Å². The fraction of sp³-hybridized carbons (Fsp3) is 0.192. The summed E-state index contributed by atoms with van der Waals surface area (Å²) in [6.45, 7) is 4.22. The number of imide groups is 1. The maximum atomic E-state index is 13.1. The maximum Gasteiger partial charge on any atom is 0.294 e. The molecule has 1 N–H and O–H groups in total. The number of fused-ring (bicyclic) bond motifs is 1. The Hall–Kier alpha value is -3.85.